The number of aliphatic imine (C=N–C) groups is 1. The molecule has 3 fully saturated rings. The molecule has 1 atom stereocenters. The Hall–Kier alpha value is -3.53. The van der Waals surface area contributed by atoms with Gasteiger partial charge in [0.1, 0.15) is 0 Å². The van der Waals surface area contributed by atoms with Crippen molar-refractivity contribution in [3.63, 3.8) is 0 Å². The van der Waals surface area contributed by atoms with Gasteiger partial charge in [-0.1, -0.05) is 23.7 Å². The van der Waals surface area contributed by atoms with Gasteiger partial charge >= 0.3 is 0 Å². The average Bonchev–Trinajstić information content (AvgIpc) is 3.59. The average molecular weight is 588 g/mol. The topological polar surface area (TPSA) is 86.7 Å². The fraction of sp³-hybridized carbons (Fsp3) is 0.438. The van der Waals surface area contributed by atoms with Gasteiger partial charge in [0.2, 0.25) is 5.96 Å². The first kappa shape index (κ1) is 27.3. The number of aliphatic hydroxyl groups excluding tert-OH is 1. The van der Waals surface area contributed by atoms with Crippen LogP contribution in [0.4, 0.5) is 5.69 Å². The molecule has 5 heterocycles. The van der Waals surface area contributed by atoms with Crippen molar-refractivity contribution in [3.8, 4) is 0 Å². The molecule has 0 aliphatic carbocycles. The Morgan fingerprint density at radius 2 is 1.81 bits per heavy atom. The van der Waals surface area contributed by atoms with E-state index >= 15 is 0 Å². The third kappa shape index (κ3) is 4.73. The van der Waals surface area contributed by atoms with Crippen LogP contribution in [-0.4, -0.2) is 94.8 Å². The van der Waals surface area contributed by atoms with Crippen LogP contribution in [0, 0.1) is 0 Å². The highest BCUT2D eigenvalue weighted by Gasteiger charge is 2.50. The van der Waals surface area contributed by atoms with Gasteiger partial charge in [0, 0.05) is 54.1 Å². The van der Waals surface area contributed by atoms with E-state index in [1.165, 1.54) is 12.8 Å². The van der Waals surface area contributed by atoms with Crippen molar-refractivity contribution in [2.75, 3.05) is 51.7 Å². The molecule has 1 amide bonds. The van der Waals surface area contributed by atoms with E-state index in [0.717, 1.165) is 62.5 Å². The summed E-state index contributed by atoms with van der Waals surface area (Å²) in [5, 5.41) is 16.5. The number of allylic oxidation sites excluding steroid dienone is 2. The lowest BCUT2D eigenvalue weighted by atomic mass is 9.73. The molecule has 1 unspecified atom stereocenters. The second kappa shape index (κ2) is 10.6. The van der Waals surface area contributed by atoms with Crippen LogP contribution in [0.2, 0.25) is 5.02 Å². The number of rotatable bonds is 5. The zero-order valence-electron chi connectivity index (χ0n) is 24.0. The smallest absolute Gasteiger partial charge is 0.253 e. The molecule has 9 nitrogen and oxygen atoms in total. The van der Waals surface area contributed by atoms with Crippen LogP contribution in [0.5, 0.6) is 0 Å². The first-order chi connectivity index (χ1) is 20.4. The summed E-state index contributed by atoms with van der Waals surface area (Å²) >= 11 is 6.11. The van der Waals surface area contributed by atoms with E-state index in [1.54, 1.807) is 0 Å². The van der Waals surface area contributed by atoms with Gasteiger partial charge in [-0.15, -0.1) is 0 Å². The zero-order valence-corrected chi connectivity index (χ0v) is 24.7. The molecule has 0 bridgehead atoms. The number of nitrogens with one attached hydrogen (secondary N) is 2. The first-order valence-corrected chi connectivity index (χ1v) is 15.3. The maximum absolute atomic E-state index is 13.0. The highest BCUT2D eigenvalue weighted by atomic mass is 35.5. The number of benzene rings is 2. The largest absolute Gasteiger partial charge is 0.395 e. The molecule has 0 saturated carbocycles. The Morgan fingerprint density at radius 1 is 1.07 bits per heavy atom. The van der Waals surface area contributed by atoms with Crippen LogP contribution in [-0.2, 0) is 5.41 Å². The van der Waals surface area contributed by atoms with Gasteiger partial charge in [-0.2, -0.15) is 0 Å². The van der Waals surface area contributed by atoms with E-state index in [1.807, 2.05) is 70.7 Å². The Kier molecular flexibility index (Phi) is 6.91. The minimum absolute atomic E-state index is 0.101. The Labute approximate surface area is 252 Å². The van der Waals surface area contributed by atoms with Gasteiger partial charge in [-0.05, 0) is 93.4 Å². The number of hydrogen-bond acceptors (Lipinski definition) is 8. The molecule has 220 valence electrons. The summed E-state index contributed by atoms with van der Waals surface area (Å²) in [5.74, 6) is 0.761. The molecular formula is C32H38ClN7O2. The summed E-state index contributed by atoms with van der Waals surface area (Å²) in [7, 11) is 2.17. The lowest BCUT2D eigenvalue weighted by molar-refractivity contribution is -0.00728. The van der Waals surface area contributed by atoms with Crippen LogP contribution in [0.25, 0.3) is 0 Å². The number of amides is 1. The molecule has 3 saturated heterocycles. The molecule has 42 heavy (non-hydrogen) atoms. The number of hydrazine groups is 1. The van der Waals surface area contributed by atoms with Crippen molar-refractivity contribution in [1.82, 2.24) is 25.1 Å². The highest BCUT2D eigenvalue weighted by Crippen LogP contribution is 2.39. The molecule has 2 aromatic rings. The molecule has 5 aliphatic rings. The summed E-state index contributed by atoms with van der Waals surface area (Å²) in [6.45, 7) is 4.54. The summed E-state index contributed by atoms with van der Waals surface area (Å²) < 4.78 is 0. The van der Waals surface area contributed by atoms with Crippen molar-refractivity contribution in [3.05, 3.63) is 88.7 Å². The number of nitrogens with zero attached hydrogens (tertiary/aromatic N) is 5. The van der Waals surface area contributed by atoms with Gasteiger partial charge in [0.05, 0.1) is 17.8 Å². The van der Waals surface area contributed by atoms with E-state index in [9.17, 15) is 9.90 Å². The standard InChI is InChI=1S/C32H38ClN7O2/c1-37-16-3-13-32(37)20-39(21-32)29(42)23-5-11-26(12-6-23)34-30-35-28-27(4-2-17-40(28)36-30)38-18-14-31(22-41,15-19-38)24-7-9-25(33)10-8-24/h2,4-12,17,28,41H,3,13-16,18-22H2,1H3,(H2,34,35,36). The molecule has 7 rings (SSSR count). The van der Waals surface area contributed by atoms with E-state index in [-0.39, 0.29) is 29.6 Å². The molecule has 10 heteroatoms. The van der Waals surface area contributed by atoms with Crippen molar-refractivity contribution < 1.29 is 9.90 Å². The monoisotopic (exact) mass is 587 g/mol. The Balaban J connectivity index is 0.976. The second-order valence-electron chi connectivity index (χ2n) is 12.3. The first-order valence-electron chi connectivity index (χ1n) is 14.9. The summed E-state index contributed by atoms with van der Waals surface area (Å²) in [6.07, 6.45) is 10.1. The van der Waals surface area contributed by atoms with Crippen molar-refractivity contribution >= 4 is 29.2 Å². The van der Waals surface area contributed by atoms with Crippen molar-refractivity contribution in [2.45, 2.75) is 42.8 Å². The van der Waals surface area contributed by atoms with Crippen LogP contribution >= 0.6 is 11.6 Å². The molecule has 1 spiro atoms. The normalized spacial score (nSPS) is 24.2. The van der Waals surface area contributed by atoms with Crippen LogP contribution in [0.3, 0.4) is 0 Å². The summed E-state index contributed by atoms with van der Waals surface area (Å²) in [4.78, 5) is 24.8. The zero-order chi connectivity index (χ0) is 28.9. The lowest BCUT2D eigenvalue weighted by Crippen LogP contribution is -2.68. The number of hydrogen-bond donors (Lipinski definition) is 3. The third-order valence-electron chi connectivity index (χ3n) is 9.97. The van der Waals surface area contributed by atoms with Crippen LogP contribution in [0.1, 0.15) is 41.6 Å². The molecule has 0 aromatic heterocycles. The van der Waals surface area contributed by atoms with Crippen LogP contribution < -0.4 is 10.7 Å². The molecular weight excluding hydrogens is 550 g/mol. The van der Waals surface area contributed by atoms with E-state index in [4.69, 9.17) is 16.6 Å². The fourth-order valence-corrected chi connectivity index (χ4v) is 7.33. The SMILES string of the molecule is CN1CCCC12CN(C(=O)c1ccc(NC3=NC4C(N5CCC(CO)(c6ccc(Cl)cc6)CC5)=CC=CN4N3)cc1)C2. The summed E-state index contributed by atoms with van der Waals surface area (Å²) in [5.41, 5.74) is 7.16. The Bertz CT molecular complexity index is 1420. The van der Waals surface area contributed by atoms with E-state index in [2.05, 4.69) is 33.7 Å². The van der Waals surface area contributed by atoms with Gasteiger partial charge in [-0.3, -0.25) is 20.1 Å². The summed E-state index contributed by atoms with van der Waals surface area (Å²) in [6, 6.07) is 15.6. The van der Waals surface area contributed by atoms with Crippen molar-refractivity contribution in [2.24, 2.45) is 4.99 Å². The fourth-order valence-electron chi connectivity index (χ4n) is 7.20. The van der Waals surface area contributed by atoms with Crippen molar-refractivity contribution in [1.29, 1.82) is 0 Å². The number of carbonyl (C=O) groups is 1. The number of halogens is 1. The molecule has 3 N–H and O–H groups in total. The highest BCUT2D eigenvalue weighted by molar-refractivity contribution is 6.30. The van der Waals surface area contributed by atoms with Gasteiger partial charge < -0.3 is 20.2 Å². The maximum atomic E-state index is 13.0. The number of likely N-dealkylation sites (tertiary alicyclic amines) is 3. The number of likely N-dealkylation sites (N-methyl/N-ethyl adjacent to an activating group) is 1. The predicted molar refractivity (Wildman–Crippen MR) is 165 cm³/mol. The molecule has 5 aliphatic heterocycles. The predicted octanol–water partition coefficient (Wildman–Crippen LogP) is 3.61. The number of carbonyl (C=O) groups excluding carboxylic acids is 1. The second-order valence-corrected chi connectivity index (χ2v) is 12.8. The maximum Gasteiger partial charge on any atom is 0.253 e. The molecule has 2 aromatic carbocycles. The number of guanidine groups is 1. The number of piperidine rings is 1. The number of aliphatic hydroxyl groups is 1. The lowest BCUT2D eigenvalue weighted by Gasteiger charge is -2.51. The minimum Gasteiger partial charge on any atom is -0.395 e. The molecule has 0 radical (unpaired) electrons. The minimum atomic E-state index is -0.257. The van der Waals surface area contributed by atoms with Gasteiger partial charge in [0.15, 0.2) is 6.17 Å². The van der Waals surface area contributed by atoms with Gasteiger partial charge in [-0.25, -0.2) is 4.99 Å². The number of anilines is 1. The third-order valence-corrected chi connectivity index (χ3v) is 10.2. The quantitative estimate of drug-likeness (QED) is 0.493. The van der Waals surface area contributed by atoms with E-state index in [0.29, 0.717) is 16.5 Å². The van der Waals surface area contributed by atoms with E-state index < -0.39 is 0 Å². The number of fused-ring (bicyclic) bond motifs is 1. The van der Waals surface area contributed by atoms with Crippen LogP contribution in [0.15, 0.2) is 77.6 Å². The Morgan fingerprint density at radius 3 is 2.48 bits per heavy atom. The van der Waals surface area contributed by atoms with Gasteiger partial charge in [0.25, 0.3) is 5.91 Å².